The number of nitrogens with one attached hydrogen (secondary N) is 1. The maximum absolute atomic E-state index is 14.0. The number of fused-ring (bicyclic) bond motifs is 1. The minimum atomic E-state index is -2.36. The van der Waals surface area contributed by atoms with Gasteiger partial charge in [0.25, 0.3) is 11.8 Å². The number of halogens is 5. The SMILES string of the molecule is CCC(C)(C)C1CCc2c(sc(NC(=O)c3c(F)c(F)c(F)c(F)c3F)c2C(N)=O)C1. The highest BCUT2D eigenvalue weighted by atomic mass is 32.1. The minimum Gasteiger partial charge on any atom is -0.365 e. The molecule has 0 fully saturated rings. The Bertz CT molecular complexity index is 1050. The molecule has 3 N–H and O–H groups in total. The first kappa shape index (κ1) is 23.2. The summed E-state index contributed by atoms with van der Waals surface area (Å²) in [6.07, 6.45) is 2.87. The van der Waals surface area contributed by atoms with Crippen LogP contribution in [0.2, 0.25) is 0 Å². The van der Waals surface area contributed by atoms with Crippen molar-refractivity contribution in [2.24, 2.45) is 17.1 Å². The third kappa shape index (κ3) is 3.93. The average molecular weight is 460 g/mol. The van der Waals surface area contributed by atoms with E-state index in [1.54, 1.807) is 0 Å². The van der Waals surface area contributed by atoms with Gasteiger partial charge in [-0.05, 0) is 36.2 Å². The van der Waals surface area contributed by atoms with Gasteiger partial charge in [0.15, 0.2) is 23.3 Å². The zero-order chi connectivity index (χ0) is 23.2. The number of rotatable bonds is 5. The van der Waals surface area contributed by atoms with E-state index in [9.17, 15) is 31.5 Å². The van der Waals surface area contributed by atoms with E-state index in [0.717, 1.165) is 29.1 Å². The molecule has 1 heterocycles. The van der Waals surface area contributed by atoms with Crippen molar-refractivity contribution >= 4 is 28.2 Å². The monoisotopic (exact) mass is 460 g/mol. The van der Waals surface area contributed by atoms with Gasteiger partial charge in [-0.25, -0.2) is 22.0 Å². The largest absolute Gasteiger partial charge is 0.365 e. The van der Waals surface area contributed by atoms with Crippen molar-refractivity contribution in [1.29, 1.82) is 0 Å². The van der Waals surface area contributed by atoms with E-state index < -0.39 is 46.5 Å². The molecule has 1 atom stereocenters. The fraction of sp³-hybridized carbons (Fsp3) is 0.429. The van der Waals surface area contributed by atoms with Crippen LogP contribution in [0, 0.1) is 40.4 Å². The summed E-state index contributed by atoms with van der Waals surface area (Å²) in [6.45, 7) is 6.35. The summed E-state index contributed by atoms with van der Waals surface area (Å²) in [5.41, 5.74) is 4.54. The molecule has 0 saturated heterocycles. The van der Waals surface area contributed by atoms with Gasteiger partial charge in [-0.3, -0.25) is 9.59 Å². The number of amides is 2. The van der Waals surface area contributed by atoms with Crippen molar-refractivity contribution in [3.05, 3.63) is 50.7 Å². The first-order valence-electron chi connectivity index (χ1n) is 9.67. The lowest BCUT2D eigenvalue weighted by atomic mass is 9.69. The number of carbonyl (C=O) groups is 2. The van der Waals surface area contributed by atoms with Crippen LogP contribution in [0.25, 0.3) is 0 Å². The molecular formula is C21H21F5N2O2S. The van der Waals surface area contributed by atoms with Crippen LogP contribution in [-0.4, -0.2) is 11.8 Å². The summed E-state index contributed by atoms with van der Waals surface area (Å²) < 4.78 is 68.2. The molecule has 0 aliphatic heterocycles. The Morgan fingerprint density at radius 1 is 1.03 bits per heavy atom. The number of hydrogen-bond donors (Lipinski definition) is 2. The molecule has 0 bridgehead atoms. The highest BCUT2D eigenvalue weighted by Crippen LogP contribution is 2.45. The third-order valence-corrected chi connectivity index (χ3v) is 7.36. The summed E-state index contributed by atoms with van der Waals surface area (Å²) in [4.78, 5) is 25.3. The maximum Gasteiger partial charge on any atom is 0.262 e. The molecule has 0 spiro atoms. The van der Waals surface area contributed by atoms with Gasteiger partial charge < -0.3 is 11.1 Å². The van der Waals surface area contributed by atoms with Crippen LogP contribution in [-0.2, 0) is 12.8 Å². The molecule has 2 aromatic rings. The van der Waals surface area contributed by atoms with Gasteiger partial charge in [-0.1, -0.05) is 27.2 Å². The Morgan fingerprint density at radius 3 is 2.10 bits per heavy atom. The number of hydrogen-bond acceptors (Lipinski definition) is 3. The molecular weight excluding hydrogens is 439 g/mol. The van der Waals surface area contributed by atoms with Crippen LogP contribution in [0.4, 0.5) is 27.0 Å². The van der Waals surface area contributed by atoms with Crippen LogP contribution < -0.4 is 11.1 Å². The Morgan fingerprint density at radius 2 is 1.58 bits per heavy atom. The van der Waals surface area contributed by atoms with Gasteiger partial charge in [0, 0.05) is 4.88 Å². The van der Waals surface area contributed by atoms with Gasteiger partial charge in [0.1, 0.15) is 10.6 Å². The van der Waals surface area contributed by atoms with Gasteiger partial charge in [0.2, 0.25) is 5.82 Å². The molecule has 1 aliphatic carbocycles. The van der Waals surface area contributed by atoms with E-state index in [0.29, 0.717) is 24.3 Å². The number of carbonyl (C=O) groups excluding carboxylic acids is 2. The van der Waals surface area contributed by atoms with E-state index in [2.05, 4.69) is 26.1 Å². The molecule has 0 radical (unpaired) electrons. The number of thiophene rings is 1. The van der Waals surface area contributed by atoms with Crippen LogP contribution in [0.15, 0.2) is 0 Å². The summed E-state index contributed by atoms with van der Waals surface area (Å²) in [6, 6.07) is 0. The number of nitrogens with two attached hydrogens (primary N) is 1. The molecule has 4 nitrogen and oxygen atoms in total. The van der Waals surface area contributed by atoms with Crippen molar-refractivity contribution in [3.8, 4) is 0 Å². The lowest BCUT2D eigenvalue weighted by molar-refractivity contribution is 0.0999. The summed E-state index contributed by atoms with van der Waals surface area (Å²) in [7, 11) is 0. The Kier molecular flexibility index (Phi) is 6.14. The molecule has 31 heavy (non-hydrogen) atoms. The second kappa shape index (κ2) is 8.22. The van der Waals surface area contributed by atoms with Crippen LogP contribution in [0.3, 0.4) is 0 Å². The van der Waals surface area contributed by atoms with Gasteiger partial charge in [-0.2, -0.15) is 0 Å². The Labute approximate surface area is 179 Å². The van der Waals surface area contributed by atoms with E-state index in [4.69, 9.17) is 5.73 Å². The molecule has 1 aromatic carbocycles. The minimum absolute atomic E-state index is 0.00461. The first-order chi connectivity index (χ1) is 14.4. The molecule has 3 rings (SSSR count). The van der Waals surface area contributed by atoms with Crippen LogP contribution in [0.5, 0.6) is 0 Å². The standard InChI is InChI=1S/C21H21F5N2O2S/c1-4-21(2,3)8-5-6-9-10(7-8)31-20(11(9)18(27)29)28-19(30)12-13(22)15(24)17(26)16(25)14(12)23/h8H,4-7H2,1-3H3,(H2,27,29)(H,28,30). The van der Waals surface area contributed by atoms with Gasteiger partial charge in [-0.15, -0.1) is 11.3 Å². The summed E-state index contributed by atoms with van der Waals surface area (Å²) in [5.74, 6) is -13.4. The molecule has 10 heteroatoms. The van der Waals surface area contributed by atoms with Crippen molar-refractivity contribution in [2.75, 3.05) is 5.32 Å². The van der Waals surface area contributed by atoms with E-state index in [1.165, 1.54) is 0 Å². The average Bonchev–Trinajstić information content (AvgIpc) is 3.08. The van der Waals surface area contributed by atoms with E-state index in [-0.39, 0.29) is 16.0 Å². The maximum atomic E-state index is 14.0. The molecule has 2 amide bonds. The molecule has 1 unspecified atom stereocenters. The first-order valence-corrected chi connectivity index (χ1v) is 10.5. The fourth-order valence-electron chi connectivity index (χ4n) is 3.86. The summed E-state index contributed by atoms with van der Waals surface area (Å²) in [5, 5.41) is 2.06. The lowest BCUT2D eigenvalue weighted by Crippen LogP contribution is -2.29. The predicted octanol–water partition coefficient (Wildman–Crippen LogP) is 5.34. The second-order valence-electron chi connectivity index (χ2n) is 8.25. The molecule has 0 saturated carbocycles. The Hall–Kier alpha value is -2.49. The topological polar surface area (TPSA) is 72.2 Å². The lowest BCUT2D eigenvalue weighted by Gasteiger charge is -2.36. The van der Waals surface area contributed by atoms with Crippen molar-refractivity contribution < 1.29 is 31.5 Å². The number of benzene rings is 1. The quantitative estimate of drug-likeness (QED) is 0.359. The second-order valence-corrected chi connectivity index (χ2v) is 9.36. The van der Waals surface area contributed by atoms with E-state index >= 15 is 0 Å². The van der Waals surface area contributed by atoms with Gasteiger partial charge in [0.05, 0.1) is 5.56 Å². The highest BCUT2D eigenvalue weighted by Gasteiger charge is 2.36. The number of primary amides is 1. The predicted molar refractivity (Wildman–Crippen MR) is 107 cm³/mol. The molecule has 168 valence electrons. The van der Waals surface area contributed by atoms with Crippen molar-refractivity contribution in [2.45, 2.75) is 46.5 Å². The molecule has 1 aromatic heterocycles. The normalized spacial score (nSPS) is 16.2. The smallest absolute Gasteiger partial charge is 0.262 e. The highest BCUT2D eigenvalue weighted by molar-refractivity contribution is 7.17. The van der Waals surface area contributed by atoms with Crippen LogP contribution in [0.1, 0.15) is 64.8 Å². The van der Waals surface area contributed by atoms with E-state index in [1.807, 2.05) is 0 Å². The fourth-order valence-corrected chi connectivity index (χ4v) is 5.19. The van der Waals surface area contributed by atoms with Crippen molar-refractivity contribution in [1.82, 2.24) is 0 Å². The Balaban J connectivity index is 2.01. The van der Waals surface area contributed by atoms with Gasteiger partial charge >= 0.3 is 0 Å². The zero-order valence-corrected chi connectivity index (χ0v) is 17.9. The summed E-state index contributed by atoms with van der Waals surface area (Å²) >= 11 is 1.03. The zero-order valence-electron chi connectivity index (χ0n) is 17.1. The third-order valence-electron chi connectivity index (χ3n) is 6.19. The number of anilines is 1. The molecule has 1 aliphatic rings. The van der Waals surface area contributed by atoms with Crippen molar-refractivity contribution in [3.63, 3.8) is 0 Å². The van der Waals surface area contributed by atoms with Crippen LogP contribution >= 0.6 is 11.3 Å².